The largest absolute Gasteiger partial charge is 0.476 e. The van der Waals surface area contributed by atoms with Gasteiger partial charge >= 0.3 is 5.97 Å². The Labute approximate surface area is 109 Å². The van der Waals surface area contributed by atoms with Crippen LogP contribution < -0.4 is 5.73 Å². The standard InChI is InChI=1S/C13H14N4O2/c14-9-1-2-10-11(13(18)19)16-12(17(10)7-9)8-3-5-15-6-4-8/h3-6,9H,1-2,7,14H2,(H,18,19). The molecule has 2 aromatic rings. The predicted octanol–water partition coefficient (Wildman–Crippen LogP) is 0.917. The van der Waals surface area contributed by atoms with E-state index in [1.165, 1.54) is 0 Å². The molecule has 0 saturated heterocycles. The summed E-state index contributed by atoms with van der Waals surface area (Å²) in [4.78, 5) is 19.5. The number of pyridine rings is 1. The molecule has 3 rings (SSSR count). The number of rotatable bonds is 2. The minimum Gasteiger partial charge on any atom is -0.476 e. The molecule has 2 aromatic heterocycles. The van der Waals surface area contributed by atoms with Crippen molar-refractivity contribution in [1.29, 1.82) is 0 Å². The van der Waals surface area contributed by atoms with E-state index >= 15 is 0 Å². The molecule has 0 saturated carbocycles. The monoisotopic (exact) mass is 258 g/mol. The normalized spacial score (nSPS) is 18.1. The zero-order chi connectivity index (χ0) is 13.4. The maximum atomic E-state index is 11.3. The lowest BCUT2D eigenvalue weighted by atomic mass is 10.0. The van der Waals surface area contributed by atoms with Crippen LogP contribution in [0.1, 0.15) is 22.6 Å². The number of nitrogens with two attached hydrogens (primary N) is 1. The molecule has 0 aliphatic carbocycles. The molecule has 0 bridgehead atoms. The Morgan fingerprint density at radius 2 is 2.16 bits per heavy atom. The van der Waals surface area contributed by atoms with E-state index in [-0.39, 0.29) is 11.7 Å². The van der Waals surface area contributed by atoms with E-state index in [4.69, 9.17) is 5.73 Å². The number of carbonyl (C=O) groups is 1. The topological polar surface area (TPSA) is 94.0 Å². The van der Waals surface area contributed by atoms with Crippen LogP contribution in [0, 0.1) is 0 Å². The number of imidazole rings is 1. The average Bonchev–Trinajstić information content (AvgIpc) is 2.78. The number of nitrogens with zero attached hydrogens (tertiary/aromatic N) is 3. The number of fused-ring (bicyclic) bond motifs is 1. The van der Waals surface area contributed by atoms with Gasteiger partial charge in [0.25, 0.3) is 0 Å². The van der Waals surface area contributed by atoms with Crippen LogP contribution in [0.3, 0.4) is 0 Å². The SMILES string of the molecule is NC1CCc2c(C(=O)O)nc(-c3ccncc3)n2C1. The molecule has 0 aromatic carbocycles. The summed E-state index contributed by atoms with van der Waals surface area (Å²) in [6, 6.07) is 3.69. The van der Waals surface area contributed by atoms with Crippen molar-refractivity contribution in [1.82, 2.24) is 14.5 Å². The molecular weight excluding hydrogens is 244 g/mol. The zero-order valence-corrected chi connectivity index (χ0v) is 10.3. The number of carboxylic acids is 1. The van der Waals surface area contributed by atoms with Gasteiger partial charge in [0, 0.05) is 30.5 Å². The van der Waals surface area contributed by atoms with Crippen LogP contribution in [-0.2, 0) is 13.0 Å². The number of carboxylic acid groups (broad SMARTS) is 1. The van der Waals surface area contributed by atoms with Gasteiger partial charge in [0.15, 0.2) is 5.69 Å². The Bertz CT molecular complexity index is 621. The Morgan fingerprint density at radius 1 is 1.42 bits per heavy atom. The van der Waals surface area contributed by atoms with Gasteiger partial charge in [-0.1, -0.05) is 0 Å². The number of aromatic nitrogens is 3. The highest BCUT2D eigenvalue weighted by Gasteiger charge is 2.27. The van der Waals surface area contributed by atoms with Crippen LogP contribution in [0.4, 0.5) is 0 Å². The molecule has 0 radical (unpaired) electrons. The van der Waals surface area contributed by atoms with Crippen molar-refractivity contribution >= 4 is 5.97 Å². The lowest BCUT2D eigenvalue weighted by Gasteiger charge is -2.22. The molecule has 98 valence electrons. The van der Waals surface area contributed by atoms with Crippen LogP contribution in [0.5, 0.6) is 0 Å². The summed E-state index contributed by atoms with van der Waals surface area (Å²) < 4.78 is 1.92. The highest BCUT2D eigenvalue weighted by molar-refractivity contribution is 5.88. The van der Waals surface area contributed by atoms with E-state index in [9.17, 15) is 9.90 Å². The number of aromatic carboxylic acids is 1. The summed E-state index contributed by atoms with van der Waals surface area (Å²) in [7, 11) is 0. The quantitative estimate of drug-likeness (QED) is 0.835. The van der Waals surface area contributed by atoms with E-state index in [0.717, 1.165) is 17.7 Å². The smallest absolute Gasteiger partial charge is 0.356 e. The second kappa shape index (κ2) is 4.47. The Morgan fingerprint density at radius 3 is 2.84 bits per heavy atom. The number of hydrogen-bond acceptors (Lipinski definition) is 4. The van der Waals surface area contributed by atoms with Crippen molar-refractivity contribution < 1.29 is 9.90 Å². The van der Waals surface area contributed by atoms with Gasteiger partial charge in [-0.25, -0.2) is 9.78 Å². The minimum atomic E-state index is -0.987. The lowest BCUT2D eigenvalue weighted by Crippen LogP contribution is -2.32. The van der Waals surface area contributed by atoms with Crippen LogP contribution in [0.25, 0.3) is 11.4 Å². The van der Waals surface area contributed by atoms with Gasteiger partial charge in [-0.3, -0.25) is 4.98 Å². The van der Waals surface area contributed by atoms with Gasteiger partial charge in [0.2, 0.25) is 0 Å². The average molecular weight is 258 g/mol. The summed E-state index contributed by atoms with van der Waals surface area (Å²) in [5, 5.41) is 9.25. The van der Waals surface area contributed by atoms with E-state index in [1.807, 2.05) is 16.7 Å². The summed E-state index contributed by atoms with van der Waals surface area (Å²) in [6.45, 7) is 0.604. The van der Waals surface area contributed by atoms with Crippen molar-refractivity contribution in [2.45, 2.75) is 25.4 Å². The van der Waals surface area contributed by atoms with Gasteiger partial charge in [-0.15, -0.1) is 0 Å². The second-order valence-corrected chi connectivity index (χ2v) is 4.68. The first-order valence-corrected chi connectivity index (χ1v) is 6.15. The van der Waals surface area contributed by atoms with E-state index in [2.05, 4.69) is 9.97 Å². The van der Waals surface area contributed by atoms with Gasteiger partial charge in [0.05, 0.1) is 5.69 Å². The van der Waals surface area contributed by atoms with E-state index in [1.54, 1.807) is 12.4 Å². The third-order valence-corrected chi connectivity index (χ3v) is 3.38. The molecule has 3 heterocycles. The van der Waals surface area contributed by atoms with Crippen LogP contribution >= 0.6 is 0 Å². The van der Waals surface area contributed by atoms with Crippen LogP contribution in [-0.4, -0.2) is 31.7 Å². The second-order valence-electron chi connectivity index (χ2n) is 4.68. The Hall–Kier alpha value is -2.21. The Kier molecular flexibility index (Phi) is 2.79. The summed E-state index contributed by atoms with van der Waals surface area (Å²) in [6.07, 6.45) is 4.78. The predicted molar refractivity (Wildman–Crippen MR) is 68.7 cm³/mol. The van der Waals surface area contributed by atoms with Gasteiger partial charge in [0.1, 0.15) is 5.82 Å². The number of hydrogen-bond donors (Lipinski definition) is 2. The molecule has 1 unspecified atom stereocenters. The molecule has 0 fully saturated rings. The van der Waals surface area contributed by atoms with E-state index in [0.29, 0.717) is 18.8 Å². The van der Waals surface area contributed by atoms with Gasteiger partial charge < -0.3 is 15.4 Å². The lowest BCUT2D eigenvalue weighted by molar-refractivity contribution is 0.0689. The fraction of sp³-hybridized carbons (Fsp3) is 0.308. The van der Waals surface area contributed by atoms with Crippen molar-refractivity contribution in [2.24, 2.45) is 5.73 Å². The third-order valence-electron chi connectivity index (χ3n) is 3.38. The van der Waals surface area contributed by atoms with Crippen molar-refractivity contribution in [2.75, 3.05) is 0 Å². The maximum absolute atomic E-state index is 11.3. The Balaban J connectivity index is 2.17. The molecular formula is C13H14N4O2. The minimum absolute atomic E-state index is 0.0453. The molecule has 6 heteroatoms. The molecule has 0 amide bonds. The van der Waals surface area contributed by atoms with Crippen LogP contribution in [0.2, 0.25) is 0 Å². The molecule has 6 nitrogen and oxygen atoms in total. The summed E-state index contributed by atoms with van der Waals surface area (Å²) in [5.41, 5.74) is 7.74. The molecule has 0 spiro atoms. The summed E-state index contributed by atoms with van der Waals surface area (Å²) in [5.74, 6) is -0.329. The zero-order valence-electron chi connectivity index (χ0n) is 10.3. The van der Waals surface area contributed by atoms with Gasteiger partial charge in [-0.2, -0.15) is 0 Å². The van der Waals surface area contributed by atoms with Crippen molar-refractivity contribution in [3.63, 3.8) is 0 Å². The highest BCUT2D eigenvalue weighted by atomic mass is 16.4. The summed E-state index contributed by atoms with van der Waals surface area (Å²) >= 11 is 0. The first-order valence-electron chi connectivity index (χ1n) is 6.15. The molecule has 1 aliphatic heterocycles. The fourth-order valence-electron chi connectivity index (χ4n) is 2.48. The fourth-order valence-corrected chi connectivity index (χ4v) is 2.48. The first-order chi connectivity index (χ1) is 9.16. The van der Waals surface area contributed by atoms with Crippen LogP contribution in [0.15, 0.2) is 24.5 Å². The third kappa shape index (κ3) is 2.00. The molecule has 1 aliphatic rings. The van der Waals surface area contributed by atoms with E-state index < -0.39 is 5.97 Å². The molecule has 1 atom stereocenters. The van der Waals surface area contributed by atoms with Crippen molar-refractivity contribution in [3.8, 4) is 11.4 Å². The highest BCUT2D eigenvalue weighted by Crippen LogP contribution is 2.26. The first kappa shape index (κ1) is 11.9. The van der Waals surface area contributed by atoms with Gasteiger partial charge in [-0.05, 0) is 25.0 Å². The molecule has 3 N–H and O–H groups in total. The maximum Gasteiger partial charge on any atom is 0.356 e. The molecule has 19 heavy (non-hydrogen) atoms. The van der Waals surface area contributed by atoms with Crippen molar-refractivity contribution in [3.05, 3.63) is 35.9 Å².